The van der Waals surface area contributed by atoms with Gasteiger partial charge in [-0.3, -0.25) is 5.10 Å². The van der Waals surface area contributed by atoms with Crippen molar-refractivity contribution >= 4 is 6.09 Å². The van der Waals surface area contributed by atoms with E-state index in [4.69, 9.17) is 4.74 Å². The van der Waals surface area contributed by atoms with Gasteiger partial charge >= 0.3 is 6.09 Å². The number of likely N-dealkylation sites (tertiary alicyclic amines) is 1. The predicted octanol–water partition coefficient (Wildman–Crippen LogP) is 3.48. The van der Waals surface area contributed by atoms with Gasteiger partial charge in [0.1, 0.15) is 0 Å². The van der Waals surface area contributed by atoms with Gasteiger partial charge in [0.25, 0.3) is 0 Å². The minimum Gasteiger partial charge on any atom is -0.450 e. The van der Waals surface area contributed by atoms with E-state index < -0.39 is 0 Å². The highest BCUT2D eigenvalue weighted by molar-refractivity contribution is 5.68. The fourth-order valence-corrected chi connectivity index (χ4v) is 3.28. The Bertz CT molecular complexity index is 908. The zero-order valence-corrected chi connectivity index (χ0v) is 15.1. The Labute approximate surface area is 157 Å². The molecule has 3 aromatic rings. The first kappa shape index (κ1) is 17.2. The van der Waals surface area contributed by atoms with Crippen LogP contribution in [0.3, 0.4) is 0 Å². The first-order chi connectivity index (χ1) is 13.2. The smallest absolute Gasteiger partial charge is 0.409 e. The number of nitrogens with one attached hydrogen (secondary N) is 1. The van der Waals surface area contributed by atoms with E-state index in [1.54, 1.807) is 17.3 Å². The van der Waals surface area contributed by atoms with Crippen molar-refractivity contribution in [1.82, 2.24) is 25.1 Å². The molecule has 3 heterocycles. The molecule has 2 aromatic heterocycles. The van der Waals surface area contributed by atoms with Gasteiger partial charge in [-0.2, -0.15) is 5.10 Å². The zero-order valence-electron chi connectivity index (χ0n) is 15.1. The second-order valence-corrected chi connectivity index (χ2v) is 6.50. The van der Waals surface area contributed by atoms with E-state index in [0.717, 1.165) is 28.9 Å². The Morgan fingerprint density at radius 2 is 2.00 bits per heavy atom. The van der Waals surface area contributed by atoms with Gasteiger partial charge in [-0.15, -0.1) is 0 Å². The summed E-state index contributed by atoms with van der Waals surface area (Å²) in [5.74, 6) is 0.927. The van der Waals surface area contributed by atoms with Crippen LogP contribution in [0.2, 0.25) is 0 Å². The monoisotopic (exact) mass is 363 g/mol. The van der Waals surface area contributed by atoms with Crippen molar-refractivity contribution in [3.8, 4) is 22.6 Å². The summed E-state index contributed by atoms with van der Waals surface area (Å²) >= 11 is 0. The number of H-pyrrole nitrogens is 1. The number of nitrogens with zero attached hydrogens (tertiary/aromatic N) is 4. The lowest BCUT2D eigenvalue weighted by Gasteiger charge is -2.15. The minimum atomic E-state index is -0.246. The van der Waals surface area contributed by atoms with Crippen molar-refractivity contribution < 1.29 is 9.53 Å². The number of carbonyl (C=O) groups excluding carboxylic acids is 1. The van der Waals surface area contributed by atoms with Gasteiger partial charge < -0.3 is 9.64 Å². The van der Waals surface area contributed by atoms with Gasteiger partial charge in [0.15, 0.2) is 5.82 Å². The number of benzene rings is 1. The molecule has 0 bridgehead atoms. The molecule has 1 N–H and O–H groups in total. The molecule has 1 saturated heterocycles. The van der Waals surface area contributed by atoms with Gasteiger partial charge in [-0.25, -0.2) is 14.8 Å². The molecule has 1 aliphatic rings. The van der Waals surface area contributed by atoms with Crippen LogP contribution in [0.25, 0.3) is 22.6 Å². The normalized spacial score (nSPS) is 16.5. The molecule has 0 saturated carbocycles. The number of amides is 1. The lowest BCUT2D eigenvalue weighted by atomic mass is 10.0. The van der Waals surface area contributed by atoms with Crippen LogP contribution in [-0.2, 0) is 4.74 Å². The van der Waals surface area contributed by atoms with Crippen molar-refractivity contribution in [1.29, 1.82) is 0 Å². The molecule has 1 aliphatic heterocycles. The Morgan fingerprint density at radius 1 is 1.22 bits per heavy atom. The largest absolute Gasteiger partial charge is 0.450 e. The Kier molecular flexibility index (Phi) is 4.82. The number of hydrogen-bond donors (Lipinski definition) is 1. The fourth-order valence-electron chi connectivity index (χ4n) is 3.28. The molecular formula is C20H21N5O2. The number of carbonyl (C=O) groups is 1. The summed E-state index contributed by atoms with van der Waals surface area (Å²) in [5.41, 5.74) is 3.66. The summed E-state index contributed by atoms with van der Waals surface area (Å²) < 4.78 is 5.08. The molecule has 1 fully saturated rings. The van der Waals surface area contributed by atoms with E-state index in [2.05, 4.69) is 20.2 Å². The van der Waals surface area contributed by atoms with E-state index in [1.807, 2.05) is 43.3 Å². The number of rotatable bonds is 4. The highest BCUT2D eigenvalue weighted by atomic mass is 16.6. The number of hydrogen-bond acceptors (Lipinski definition) is 5. The van der Waals surface area contributed by atoms with Crippen LogP contribution in [0.15, 0.2) is 48.8 Å². The maximum absolute atomic E-state index is 11.9. The molecule has 4 rings (SSSR count). The van der Waals surface area contributed by atoms with Gasteiger partial charge in [-0.1, -0.05) is 30.3 Å². The second kappa shape index (κ2) is 7.57. The molecule has 27 heavy (non-hydrogen) atoms. The molecule has 7 nitrogen and oxygen atoms in total. The van der Waals surface area contributed by atoms with Crippen LogP contribution >= 0.6 is 0 Å². The van der Waals surface area contributed by atoms with Gasteiger partial charge in [0, 0.05) is 48.2 Å². The third-order valence-electron chi connectivity index (χ3n) is 4.73. The minimum absolute atomic E-state index is 0.236. The maximum Gasteiger partial charge on any atom is 0.409 e. The van der Waals surface area contributed by atoms with Crippen molar-refractivity contribution in [3.05, 3.63) is 54.5 Å². The lowest BCUT2D eigenvalue weighted by Crippen LogP contribution is -2.29. The van der Waals surface area contributed by atoms with Crippen LogP contribution < -0.4 is 0 Å². The summed E-state index contributed by atoms with van der Waals surface area (Å²) in [4.78, 5) is 22.5. The van der Waals surface area contributed by atoms with Gasteiger partial charge in [0.05, 0.1) is 12.3 Å². The fraction of sp³-hybridized carbons (Fsp3) is 0.300. The van der Waals surface area contributed by atoms with Crippen LogP contribution in [0.5, 0.6) is 0 Å². The highest BCUT2D eigenvalue weighted by Gasteiger charge is 2.29. The summed E-state index contributed by atoms with van der Waals surface area (Å²) in [7, 11) is 0. The van der Waals surface area contributed by atoms with Crippen LogP contribution in [0, 0.1) is 0 Å². The third kappa shape index (κ3) is 3.67. The van der Waals surface area contributed by atoms with Crippen molar-refractivity contribution in [3.63, 3.8) is 0 Å². The lowest BCUT2D eigenvalue weighted by molar-refractivity contribution is 0.115. The van der Waals surface area contributed by atoms with Crippen LogP contribution in [0.1, 0.15) is 25.0 Å². The molecule has 138 valence electrons. The average Bonchev–Trinajstić information content (AvgIpc) is 3.39. The van der Waals surface area contributed by atoms with E-state index in [0.29, 0.717) is 25.5 Å². The molecule has 1 aromatic carbocycles. The summed E-state index contributed by atoms with van der Waals surface area (Å²) in [6, 6.07) is 11.9. The number of ether oxygens (including phenoxy) is 1. The highest BCUT2D eigenvalue weighted by Crippen LogP contribution is 2.29. The Hall–Kier alpha value is -3.22. The molecule has 1 amide bonds. The van der Waals surface area contributed by atoms with Crippen LogP contribution in [-0.4, -0.2) is 50.9 Å². The van der Waals surface area contributed by atoms with E-state index in [9.17, 15) is 4.79 Å². The Balaban J connectivity index is 1.46. The SMILES string of the molecule is CCOC(=O)N1CC[C@H](c2cc(-c3cnc(-c4ccccc4)nc3)n[nH]2)C1. The molecule has 7 heteroatoms. The first-order valence-electron chi connectivity index (χ1n) is 9.09. The molecule has 0 radical (unpaired) electrons. The van der Waals surface area contributed by atoms with Gasteiger partial charge in [0.2, 0.25) is 0 Å². The molecule has 0 unspecified atom stereocenters. The predicted molar refractivity (Wildman–Crippen MR) is 101 cm³/mol. The molecule has 0 aliphatic carbocycles. The molecule has 1 atom stereocenters. The first-order valence-corrected chi connectivity index (χ1v) is 9.09. The molecule has 0 spiro atoms. The molecular weight excluding hydrogens is 342 g/mol. The van der Waals surface area contributed by atoms with Crippen molar-refractivity contribution in [2.75, 3.05) is 19.7 Å². The van der Waals surface area contributed by atoms with Crippen molar-refractivity contribution in [2.24, 2.45) is 0 Å². The summed E-state index contributed by atoms with van der Waals surface area (Å²) in [5, 5.41) is 7.50. The standard InChI is InChI=1S/C20H21N5O2/c1-2-27-20(26)25-9-8-15(13-25)17-10-18(24-23-17)16-11-21-19(22-12-16)14-6-4-3-5-7-14/h3-7,10-12,15H,2,8-9,13H2,1H3,(H,23,24)/t15-/m0/s1. The summed E-state index contributed by atoms with van der Waals surface area (Å²) in [6.07, 6.45) is 4.22. The second-order valence-electron chi connectivity index (χ2n) is 6.50. The number of aromatic amines is 1. The zero-order chi connectivity index (χ0) is 18.6. The van der Waals surface area contributed by atoms with E-state index in [-0.39, 0.29) is 12.0 Å². The topological polar surface area (TPSA) is 84.0 Å². The number of aromatic nitrogens is 4. The quantitative estimate of drug-likeness (QED) is 0.767. The third-order valence-corrected chi connectivity index (χ3v) is 4.73. The average molecular weight is 363 g/mol. The van der Waals surface area contributed by atoms with Crippen LogP contribution in [0.4, 0.5) is 4.79 Å². The van der Waals surface area contributed by atoms with E-state index in [1.165, 1.54) is 0 Å². The maximum atomic E-state index is 11.9. The Morgan fingerprint density at radius 3 is 2.74 bits per heavy atom. The van der Waals surface area contributed by atoms with Gasteiger partial charge in [-0.05, 0) is 19.4 Å². The van der Waals surface area contributed by atoms with Crippen molar-refractivity contribution in [2.45, 2.75) is 19.3 Å². The summed E-state index contributed by atoms with van der Waals surface area (Å²) in [6.45, 7) is 3.56. The van der Waals surface area contributed by atoms with E-state index >= 15 is 0 Å².